The fraction of sp³-hybridized carbons (Fsp3) is 0.412. The number of benzene rings is 1. The summed E-state index contributed by atoms with van der Waals surface area (Å²) in [7, 11) is -3.89. The Labute approximate surface area is 149 Å². The van der Waals surface area contributed by atoms with Crippen molar-refractivity contribution in [2.75, 3.05) is 13.2 Å². The van der Waals surface area contributed by atoms with Crippen LogP contribution in [0.2, 0.25) is 0 Å². The number of allylic oxidation sites excluding steroid dienone is 4. The topological polar surface area (TPSA) is 66.4 Å². The van der Waals surface area contributed by atoms with Gasteiger partial charge in [0, 0.05) is 19.1 Å². The second-order valence-corrected chi connectivity index (χ2v) is 7.64. The molecule has 1 aromatic rings. The zero-order valence-electron chi connectivity index (χ0n) is 13.8. The van der Waals surface area contributed by atoms with E-state index < -0.39 is 33.5 Å². The number of alkyl halides is 3. The molecule has 2 rings (SSSR count). The zero-order chi connectivity index (χ0) is 19.4. The fourth-order valence-electron chi connectivity index (χ4n) is 2.56. The molecule has 0 heterocycles. The van der Waals surface area contributed by atoms with Crippen LogP contribution in [0.1, 0.15) is 30.7 Å². The van der Waals surface area contributed by atoms with E-state index in [0.717, 1.165) is 18.2 Å². The van der Waals surface area contributed by atoms with Crippen LogP contribution in [-0.2, 0) is 10.0 Å². The molecule has 0 amide bonds. The first-order valence-corrected chi connectivity index (χ1v) is 9.49. The molecule has 0 spiro atoms. The van der Waals surface area contributed by atoms with Gasteiger partial charge in [0.2, 0.25) is 10.0 Å². The average molecular weight is 393 g/mol. The normalized spacial score (nSPS) is 18.0. The van der Waals surface area contributed by atoms with Gasteiger partial charge in [-0.05, 0) is 37.0 Å². The highest BCUT2D eigenvalue weighted by atomic mass is 32.2. The van der Waals surface area contributed by atoms with Gasteiger partial charge in [-0.1, -0.05) is 24.3 Å². The Hall–Kier alpha value is -1.71. The molecule has 0 saturated heterocycles. The van der Waals surface area contributed by atoms with Crippen LogP contribution in [0.5, 0.6) is 0 Å². The zero-order valence-corrected chi connectivity index (χ0v) is 14.6. The van der Waals surface area contributed by atoms with E-state index in [1.807, 2.05) is 0 Å². The van der Waals surface area contributed by atoms with Crippen LogP contribution in [0.15, 0.2) is 46.9 Å². The quantitative estimate of drug-likeness (QED) is 0.551. The molecule has 1 atom stereocenters. The van der Waals surface area contributed by atoms with Crippen molar-refractivity contribution >= 4 is 10.0 Å². The molecule has 1 unspecified atom stereocenters. The molecule has 0 radical (unpaired) electrons. The number of sulfonamides is 1. The average Bonchev–Trinajstić information content (AvgIpc) is 2.58. The Balaban J connectivity index is 2.11. The standard InChI is InChI=1S/C17H19F4NO3S/c18-16-11-14(26(24,25)22-9-1-2-10-23)7-8-15(16)12-3-5-13(6-4-12)17(19,20)21/h3,5-8,11-12,22-23H,1-2,4,9-10H2. The Kier molecular flexibility index (Phi) is 6.59. The molecule has 1 aliphatic rings. The number of hydrogen-bond acceptors (Lipinski definition) is 3. The van der Waals surface area contributed by atoms with Crippen molar-refractivity contribution in [3.05, 3.63) is 53.4 Å². The van der Waals surface area contributed by atoms with Gasteiger partial charge in [0.25, 0.3) is 0 Å². The van der Waals surface area contributed by atoms with Gasteiger partial charge in [0.1, 0.15) is 5.82 Å². The predicted molar refractivity (Wildman–Crippen MR) is 88.5 cm³/mol. The lowest BCUT2D eigenvalue weighted by Crippen LogP contribution is -2.25. The van der Waals surface area contributed by atoms with Gasteiger partial charge >= 0.3 is 6.18 Å². The predicted octanol–water partition coefficient (Wildman–Crippen LogP) is 3.41. The molecule has 26 heavy (non-hydrogen) atoms. The van der Waals surface area contributed by atoms with Crippen LogP contribution in [-0.4, -0.2) is 32.9 Å². The third kappa shape index (κ3) is 5.15. The highest BCUT2D eigenvalue weighted by Gasteiger charge is 2.33. The molecule has 2 N–H and O–H groups in total. The van der Waals surface area contributed by atoms with E-state index in [-0.39, 0.29) is 30.0 Å². The van der Waals surface area contributed by atoms with E-state index in [1.165, 1.54) is 18.2 Å². The van der Waals surface area contributed by atoms with Crippen molar-refractivity contribution in [2.24, 2.45) is 0 Å². The summed E-state index contributed by atoms with van der Waals surface area (Å²) in [4.78, 5) is -0.255. The molecule has 0 aliphatic heterocycles. The van der Waals surface area contributed by atoms with Gasteiger partial charge in [-0.2, -0.15) is 13.2 Å². The summed E-state index contributed by atoms with van der Waals surface area (Å²) >= 11 is 0. The van der Waals surface area contributed by atoms with Gasteiger partial charge in [0.15, 0.2) is 0 Å². The SMILES string of the molecule is O=S(=O)(NCCCCO)c1ccc(C2C=CC(C(F)(F)F)=CC2)c(F)c1. The minimum Gasteiger partial charge on any atom is -0.396 e. The van der Waals surface area contributed by atoms with Crippen LogP contribution < -0.4 is 4.72 Å². The maximum Gasteiger partial charge on any atom is 0.416 e. The van der Waals surface area contributed by atoms with Crippen molar-refractivity contribution in [1.29, 1.82) is 0 Å². The fourth-order valence-corrected chi connectivity index (χ4v) is 3.65. The van der Waals surface area contributed by atoms with Crippen LogP contribution in [0.3, 0.4) is 0 Å². The van der Waals surface area contributed by atoms with Crippen molar-refractivity contribution in [3.63, 3.8) is 0 Å². The molecule has 144 valence electrons. The van der Waals surface area contributed by atoms with Crippen LogP contribution >= 0.6 is 0 Å². The van der Waals surface area contributed by atoms with E-state index in [9.17, 15) is 26.0 Å². The van der Waals surface area contributed by atoms with Gasteiger partial charge in [-0.25, -0.2) is 17.5 Å². The Morgan fingerprint density at radius 3 is 2.50 bits per heavy atom. The summed E-state index contributed by atoms with van der Waals surface area (Å²) in [5.74, 6) is -1.38. The van der Waals surface area contributed by atoms with Crippen molar-refractivity contribution in [1.82, 2.24) is 4.72 Å². The van der Waals surface area contributed by atoms with Crippen molar-refractivity contribution in [2.45, 2.75) is 36.3 Å². The van der Waals surface area contributed by atoms with E-state index in [1.54, 1.807) is 0 Å². The van der Waals surface area contributed by atoms with E-state index >= 15 is 0 Å². The maximum absolute atomic E-state index is 14.3. The van der Waals surface area contributed by atoms with E-state index in [0.29, 0.717) is 12.8 Å². The van der Waals surface area contributed by atoms with Gasteiger partial charge < -0.3 is 5.11 Å². The Morgan fingerprint density at radius 1 is 1.23 bits per heavy atom. The number of hydrogen-bond donors (Lipinski definition) is 2. The number of rotatable bonds is 7. The number of nitrogens with one attached hydrogen (secondary N) is 1. The number of halogens is 4. The summed E-state index contributed by atoms with van der Waals surface area (Å²) in [6.07, 6.45) is -0.414. The molecule has 0 aromatic heterocycles. The van der Waals surface area contributed by atoms with Crippen molar-refractivity contribution in [3.8, 4) is 0 Å². The molecule has 0 bridgehead atoms. The first-order chi connectivity index (χ1) is 12.1. The monoisotopic (exact) mass is 393 g/mol. The summed E-state index contributed by atoms with van der Waals surface area (Å²) in [5, 5.41) is 8.67. The molecule has 1 aromatic carbocycles. The Morgan fingerprint density at radius 2 is 1.96 bits per heavy atom. The minimum absolute atomic E-state index is 0.0201. The minimum atomic E-state index is -4.44. The second kappa shape index (κ2) is 8.32. The van der Waals surface area contributed by atoms with Crippen LogP contribution in [0.25, 0.3) is 0 Å². The molecule has 9 heteroatoms. The molecule has 4 nitrogen and oxygen atoms in total. The Bertz CT molecular complexity index is 801. The summed E-state index contributed by atoms with van der Waals surface area (Å²) in [6.45, 7) is 0.0626. The lowest BCUT2D eigenvalue weighted by molar-refractivity contribution is -0.0886. The molecular weight excluding hydrogens is 374 g/mol. The smallest absolute Gasteiger partial charge is 0.396 e. The summed E-state index contributed by atoms with van der Waals surface area (Å²) in [6, 6.07) is 3.36. The number of unbranched alkanes of at least 4 members (excludes halogenated alkanes) is 1. The van der Waals surface area contributed by atoms with Crippen LogP contribution in [0, 0.1) is 5.82 Å². The summed E-state index contributed by atoms with van der Waals surface area (Å²) < 4.78 is 78.7. The number of aliphatic hydroxyl groups is 1. The lowest BCUT2D eigenvalue weighted by atomic mass is 9.90. The van der Waals surface area contributed by atoms with E-state index in [2.05, 4.69) is 4.72 Å². The molecular formula is C17H19F4NO3S. The van der Waals surface area contributed by atoms with Gasteiger partial charge in [-0.3, -0.25) is 0 Å². The third-order valence-electron chi connectivity index (χ3n) is 3.99. The lowest BCUT2D eigenvalue weighted by Gasteiger charge is -2.19. The van der Waals surface area contributed by atoms with Gasteiger partial charge in [0.05, 0.1) is 10.5 Å². The number of aliphatic hydroxyl groups excluding tert-OH is 1. The first-order valence-electron chi connectivity index (χ1n) is 8.00. The summed E-state index contributed by atoms with van der Waals surface area (Å²) in [5.41, 5.74) is -0.640. The molecule has 1 aliphatic carbocycles. The second-order valence-electron chi connectivity index (χ2n) is 5.87. The third-order valence-corrected chi connectivity index (χ3v) is 5.44. The first kappa shape index (κ1) is 20.6. The van der Waals surface area contributed by atoms with Crippen LogP contribution in [0.4, 0.5) is 17.6 Å². The van der Waals surface area contributed by atoms with E-state index in [4.69, 9.17) is 5.11 Å². The maximum atomic E-state index is 14.3. The highest BCUT2D eigenvalue weighted by Crippen LogP contribution is 2.35. The largest absolute Gasteiger partial charge is 0.416 e. The van der Waals surface area contributed by atoms with Crippen molar-refractivity contribution < 1.29 is 31.1 Å². The van der Waals surface area contributed by atoms with Gasteiger partial charge in [-0.15, -0.1) is 0 Å². The highest BCUT2D eigenvalue weighted by molar-refractivity contribution is 7.89. The molecule has 0 saturated carbocycles. The molecule has 0 fully saturated rings.